The summed E-state index contributed by atoms with van der Waals surface area (Å²) in [5.74, 6) is -0.147. The van der Waals surface area contributed by atoms with Crippen molar-refractivity contribution in [2.75, 3.05) is 6.54 Å². The molecule has 0 aromatic carbocycles. The van der Waals surface area contributed by atoms with E-state index >= 15 is 0 Å². The van der Waals surface area contributed by atoms with Gasteiger partial charge in [-0.15, -0.1) is 0 Å². The van der Waals surface area contributed by atoms with Gasteiger partial charge < -0.3 is 10.6 Å². The van der Waals surface area contributed by atoms with E-state index in [2.05, 4.69) is 10.1 Å². The van der Waals surface area contributed by atoms with Crippen molar-refractivity contribution in [1.82, 2.24) is 19.5 Å². The van der Waals surface area contributed by atoms with Gasteiger partial charge >= 0.3 is 0 Å². The van der Waals surface area contributed by atoms with Crippen LogP contribution < -0.4 is 5.73 Å². The van der Waals surface area contributed by atoms with Gasteiger partial charge in [-0.05, 0) is 13.8 Å². The average molecular weight is 277 g/mol. The summed E-state index contributed by atoms with van der Waals surface area (Å²) < 4.78 is 1.61. The first-order valence-electron chi connectivity index (χ1n) is 5.87. The standard InChI is InChI=1S/C12H15N5OS/c1-8(2)16(7-11(13)19)12(18)9-5-15-17-4-3-14-6-10(9)17/h3-6,8H,7H2,1-2H3,(H2,13,19). The number of carbonyl (C=O) groups is 1. The number of fused-ring (bicyclic) bond motifs is 1. The maximum atomic E-state index is 12.5. The highest BCUT2D eigenvalue weighted by Gasteiger charge is 2.22. The van der Waals surface area contributed by atoms with Crippen LogP contribution in [-0.2, 0) is 0 Å². The molecule has 0 saturated heterocycles. The lowest BCUT2D eigenvalue weighted by Crippen LogP contribution is -2.42. The molecule has 0 bridgehead atoms. The van der Waals surface area contributed by atoms with Gasteiger partial charge in [0.2, 0.25) is 0 Å². The average Bonchev–Trinajstić information content (AvgIpc) is 2.78. The summed E-state index contributed by atoms with van der Waals surface area (Å²) in [6.07, 6.45) is 6.46. The SMILES string of the molecule is CC(C)N(CC(N)=S)C(=O)c1cnn2ccncc12. The first-order valence-corrected chi connectivity index (χ1v) is 6.28. The summed E-state index contributed by atoms with van der Waals surface area (Å²) in [6.45, 7) is 4.09. The maximum absolute atomic E-state index is 12.5. The Balaban J connectivity index is 2.39. The van der Waals surface area contributed by atoms with Crippen LogP contribution in [0, 0.1) is 0 Å². The Morgan fingerprint density at radius 3 is 2.89 bits per heavy atom. The smallest absolute Gasteiger partial charge is 0.258 e. The van der Waals surface area contributed by atoms with Gasteiger partial charge in [-0.3, -0.25) is 9.78 Å². The second-order valence-electron chi connectivity index (χ2n) is 4.46. The van der Waals surface area contributed by atoms with Crippen molar-refractivity contribution >= 4 is 28.6 Å². The molecule has 1 amide bonds. The summed E-state index contributed by atoms with van der Waals surface area (Å²) in [5.41, 5.74) is 6.71. The van der Waals surface area contributed by atoms with Gasteiger partial charge in [0.05, 0.1) is 35.0 Å². The molecule has 7 heteroatoms. The minimum absolute atomic E-state index is 0.000575. The number of nitrogens with two attached hydrogens (primary N) is 1. The van der Waals surface area contributed by atoms with Crippen LogP contribution in [0.5, 0.6) is 0 Å². The van der Waals surface area contributed by atoms with Crippen molar-refractivity contribution in [3.05, 3.63) is 30.4 Å². The minimum Gasteiger partial charge on any atom is -0.392 e. The molecule has 0 saturated carbocycles. The molecular formula is C12H15N5OS. The predicted molar refractivity (Wildman–Crippen MR) is 75.9 cm³/mol. The zero-order valence-electron chi connectivity index (χ0n) is 10.8. The molecule has 19 heavy (non-hydrogen) atoms. The van der Waals surface area contributed by atoms with E-state index in [0.717, 1.165) is 0 Å². The fourth-order valence-corrected chi connectivity index (χ4v) is 1.95. The molecule has 0 aliphatic carbocycles. The van der Waals surface area contributed by atoms with E-state index in [4.69, 9.17) is 18.0 Å². The monoisotopic (exact) mass is 277 g/mol. The predicted octanol–water partition coefficient (Wildman–Crippen LogP) is 0.866. The Morgan fingerprint density at radius 1 is 1.53 bits per heavy atom. The Kier molecular flexibility index (Phi) is 3.75. The highest BCUT2D eigenvalue weighted by atomic mass is 32.1. The Hall–Kier alpha value is -2.02. The fourth-order valence-electron chi connectivity index (χ4n) is 1.81. The summed E-state index contributed by atoms with van der Waals surface area (Å²) in [6, 6.07) is 0.000575. The van der Waals surface area contributed by atoms with Crippen molar-refractivity contribution in [3.8, 4) is 0 Å². The number of aromatic nitrogens is 3. The van der Waals surface area contributed by atoms with E-state index < -0.39 is 0 Å². The summed E-state index contributed by atoms with van der Waals surface area (Å²) in [7, 11) is 0. The third-order valence-corrected chi connectivity index (χ3v) is 2.89. The topological polar surface area (TPSA) is 76.5 Å². The Morgan fingerprint density at radius 2 is 2.26 bits per heavy atom. The number of hydrogen-bond acceptors (Lipinski definition) is 4. The van der Waals surface area contributed by atoms with E-state index in [9.17, 15) is 4.79 Å². The quantitative estimate of drug-likeness (QED) is 0.839. The van der Waals surface area contributed by atoms with Gasteiger partial charge in [0.1, 0.15) is 0 Å². The van der Waals surface area contributed by atoms with Crippen LogP contribution in [0.3, 0.4) is 0 Å². The fraction of sp³-hybridized carbons (Fsp3) is 0.333. The zero-order valence-corrected chi connectivity index (χ0v) is 11.6. The molecule has 0 aliphatic heterocycles. The molecule has 6 nitrogen and oxygen atoms in total. The van der Waals surface area contributed by atoms with Crippen LogP contribution in [0.25, 0.3) is 5.52 Å². The number of amides is 1. The Labute approximate surface area is 116 Å². The number of rotatable bonds is 4. The van der Waals surface area contributed by atoms with Gasteiger partial charge in [-0.25, -0.2) is 4.52 Å². The minimum atomic E-state index is -0.147. The molecule has 2 aromatic heterocycles. The molecule has 0 radical (unpaired) electrons. The molecular weight excluding hydrogens is 262 g/mol. The van der Waals surface area contributed by atoms with E-state index in [-0.39, 0.29) is 23.5 Å². The number of hydrogen-bond donors (Lipinski definition) is 1. The van der Waals surface area contributed by atoms with Crippen molar-refractivity contribution in [3.63, 3.8) is 0 Å². The molecule has 0 fully saturated rings. The van der Waals surface area contributed by atoms with E-state index in [1.54, 1.807) is 28.0 Å². The maximum Gasteiger partial charge on any atom is 0.258 e. The second kappa shape index (κ2) is 5.31. The number of nitrogens with zero attached hydrogens (tertiary/aromatic N) is 4. The number of thiocarbonyl (C=S) groups is 1. The van der Waals surface area contributed by atoms with Gasteiger partial charge in [0, 0.05) is 18.4 Å². The zero-order chi connectivity index (χ0) is 14.0. The van der Waals surface area contributed by atoms with Crippen LogP contribution in [0.4, 0.5) is 0 Å². The highest BCUT2D eigenvalue weighted by Crippen LogP contribution is 2.13. The second-order valence-corrected chi connectivity index (χ2v) is 4.98. The molecule has 2 rings (SSSR count). The first-order chi connectivity index (χ1) is 9.00. The molecule has 0 atom stereocenters. The van der Waals surface area contributed by atoms with Gasteiger partial charge in [-0.1, -0.05) is 12.2 Å². The molecule has 2 N–H and O–H groups in total. The van der Waals surface area contributed by atoms with E-state index in [0.29, 0.717) is 11.1 Å². The van der Waals surface area contributed by atoms with Crippen molar-refractivity contribution < 1.29 is 4.79 Å². The van der Waals surface area contributed by atoms with Gasteiger partial charge in [-0.2, -0.15) is 5.10 Å². The van der Waals surface area contributed by atoms with Crippen molar-refractivity contribution in [2.24, 2.45) is 5.73 Å². The molecule has 0 unspecified atom stereocenters. The largest absolute Gasteiger partial charge is 0.392 e. The molecule has 0 aliphatic rings. The van der Waals surface area contributed by atoms with E-state index in [1.807, 2.05) is 13.8 Å². The van der Waals surface area contributed by atoms with Crippen LogP contribution in [0.15, 0.2) is 24.8 Å². The Bertz CT molecular complexity index is 621. The lowest BCUT2D eigenvalue weighted by molar-refractivity contribution is 0.0738. The van der Waals surface area contributed by atoms with Gasteiger partial charge in [0.25, 0.3) is 5.91 Å². The summed E-state index contributed by atoms with van der Waals surface area (Å²) in [5, 5.41) is 4.13. The summed E-state index contributed by atoms with van der Waals surface area (Å²) >= 11 is 4.89. The molecule has 100 valence electrons. The molecule has 2 aromatic rings. The lowest BCUT2D eigenvalue weighted by Gasteiger charge is -2.25. The van der Waals surface area contributed by atoms with Crippen molar-refractivity contribution in [2.45, 2.75) is 19.9 Å². The third-order valence-electron chi connectivity index (χ3n) is 2.77. The van der Waals surface area contributed by atoms with Crippen LogP contribution in [-0.4, -0.2) is 43.0 Å². The normalized spacial score (nSPS) is 10.9. The van der Waals surface area contributed by atoms with E-state index in [1.165, 1.54) is 6.20 Å². The molecule has 2 heterocycles. The van der Waals surface area contributed by atoms with Crippen LogP contribution in [0.2, 0.25) is 0 Å². The summed E-state index contributed by atoms with van der Waals surface area (Å²) in [4.78, 5) is 18.4. The molecule has 0 spiro atoms. The van der Waals surface area contributed by atoms with Crippen LogP contribution >= 0.6 is 12.2 Å². The number of carbonyl (C=O) groups excluding carboxylic acids is 1. The third kappa shape index (κ3) is 2.70. The highest BCUT2D eigenvalue weighted by molar-refractivity contribution is 7.80. The van der Waals surface area contributed by atoms with Crippen molar-refractivity contribution in [1.29, 1.82) is 0 Å². The van der Waals surface area contributed by atoms with Gasteiger partial charge in [0.15, 0.2) is 0 Å². The van der Waals surface area contributed by atoms with Crippen LogP contribution in [0.1, 0.15) is 24.2 Å². The first kappa shape index (κ1) is 13.4. The lowest BCUT2D eigenvalue weighted by atomic mass is 10.2.